The molecule has 7 aliphatic rings. The first-order chi connectivity index (χ1) is 26.4. The van der Waals surface area contributed by atoms with Crippen LogP contribution in [0.1, 0.15) is 120 Å². The molecule has 0 radical (unpaired) electrons. The minimum Gasteiger partial charge on any atom is -0.457 e. The number of carbonyl (C=O) groups is 1. The summed E-state index contributed by atoms with van der Waals surface area (Å²) >= 11 is 0. The molecule has 2 aliphatic heterocycles. The predicted octanol–water partition coefficient (Wildman–Crippen LogP) is 2.16. The lowest BCUT2D eigenvalue weighted by Crippen LogP contribution is -2.65. The fourth-order valence-electron chi connectivity index (χ4n) is 14.4. The van der Waals surface area contributed by atoms with Crippen LogP contribution in [0.5, 0.6) is 0 Å². The molecule has 7 rings (SSSR count). The van der Waals surface area contributed by atoms with Gasteiger partial charge in [-0.3, -0.25) is 4.79 Å². The van der Waals surface area contributed by atoms with Gasteiger partial charge < -0.3 is 64.5 Å². The van der Waals surface area contributed by atoms with E-state index in [0.717, 1.165) is 38.5 Å². The lowest BCUT2D eigenvalue weighted by atomic mass is 9.40. The van der Waals surface area contributed by atoms with Crippen molar-refractivity contribution in [3.8, 4) is 0 Å². The Kier molecular flexibility index (Phi) is 11.5. The number of aliphatic hydroxyl groups excluding tert-OH is 7. The molecule has 0 aromatic heterocycles. The third-order valence-corrected chi connectivity index (χ3v) is 17.6. The fourth-order valence-corrected chi connectivity index (χ4v) is 14.4. The van der Waals surface area contributed by atoms with E-state index in [1.165, 1.54) is 6.92 Å². The standard InChI is InChI=1S/C43H72O14/c1-20(10-11-28(39(6,7)52)56-36-33(50)31(48)25(18-53-36)55-22(3)44)23-12-13-41(9)35-24(45)16-26-38(4,5)29(57-37-34(51)32(49)30(47)21(2)54-37)17-27(46)43(26)19-42(35,43)15-14-40(23,41)8/h20-21,23-37,45-52H,10-19H2,1-9H3/t20-,21+,23?,24+,25-,26?,27+,28+,29+,30+,31+,32-,33-,34-,35+,36+,37+,40-,41+,42+,43-/m1/s1. The fraction of sp³-hybridized carbons (Fsp3) is 0.977. The van der Waals surface area contributed by atoms with Crippen molar-refractivity contribution in [3.63, 3.8) is 0 Å². The smallest absolute Gasteiger partial charge is 0.303 e. The molecule has 5 saturated carbocycles. The van der Waals surface area contributed by atoms with Gasteiger partial charge in [-0.05, 0) is 117 Å². The normalized spacial score (nSPS) is 52.8. The van der Waals surface area contributed by atoms with Gasteiger partial charge >= 0.3 is 5.97 Å². The van der Waals surface area contributed by atoms with E-state index in [9.17, 15) is 45.6 Å². The molecule has 5 aliphatic carbocycles. The highest BCUT2D eigenvalue weighted by atomic mass is 16.7. The predicted molar refractivity (Wildman–Crippen MR) is 204 cm³/mol. The highest BCUT2D eigenvalue weighted by Gasteiger charge is 2.86. The molecule has 0 amide bonds. The van der Waals surface area contributed by atoms with E-state index >= 15 is 0 Å². The Bertz CT molecular complexity index is 1490. The molecule has 7 fully saturated rings. The van der Waals surface area contributed by atoms with Crippen LogP contribution >= 0.6 is 0 Å². The molecule has 2 unspecified atom stereocenters. The Morgan fingerprint density at radius 1 is 0.860 bits per heavy atom. The maximum atomic E-state index is 12.4. The van der Waals surface area contributed by atoms with Crippen LogP contribution in [-0.4, -0.2) is 139 Å². The molecule has 14 nitrogen and oxygen atoms in total. The minimum atomic E-state index is -1.47. The molecule has 328 valence electrons. The highest BCUT2D eigenvalue weighted by Crippen LogP contribution is 2.89. The summed E-state index contributed by atoms with van der Waals surface area (Å²) in [6.07, 6.45) is -6.75. The first-order valence-electron chi connectivity index (χ1n) is 21.6. The van der Waals surface area contributed by atoms with Gasteiger partial charge in [-0.15, -0.1) is 0 Å². The van der Waals surface area contributed by atoms with Gasteiger partial charge in [0.25, 0.3) is 0 Å². The molecule has 21 atom stereocenters. The Morgan fingerprint density at radius 2 is 1.53 bits per heavy atom. The van der Waals surface area contributed by atoms with E-state index in [0.29, 0.717) is 25.2 Å². The molecule has 0 aromatic rings. The van der Waals surface area contributed by atoms with Crippen molar-refractivity contribution < 1.29 is 69.3 Å². The summed E-state index contributed by atoms with van der Waals surface area (Å²) in [7, 11) is 0. The number of ether oxygens (including phenoxy) is 5. The summed E-state index contributed by atoms with van der Waals surface area (Å²) in [4.78, 5) is 11.5. The minimum absolute atomic E-state index is 0.0146. The van der Waals surface area contributed by atoms with Crippen molar-refractivity contribution in [2.24, 2.45) is 50.7 Å². The molecule has 14 heteroatoms. The number of hydrogen-bond acceptors (Lipinski definition) is 14. The summed E-state index contributed by atoms with van der Waals surface area (Å²) in [5, 5.41) is 88.7. The molecule has 0 aromatic carbocycles. The largest absolute Gasteiger partial charge is 0.457 e. The van der Waals surface area contributed by atoms with Crippen molar-refractivity contribution in [2.75, 3.05) is 6.61 Å². The Hall–Kier alpha value is -1.01. The first kappa shape index (κ1) is 44.1. The summed E-state index contributed by atoms with van der Waals surface area (Å²) in [6, 6.07) is 0. The van der Waals surface area contributed by atoms with E-state index in [-0.39, 0.29) is 46.0 Å². The van der Waals surface area contributed by atoms with Crippen LogP contribution in [0.2, 0.25) is 0 Å². The van der Waals surface area contributed by atoms with E-state index in [2.05, 4.69) is 34.6 Å². The van der Waals surface area contributed by atoms with Gasteiger partial charge in [-0.1, -0.05) is 34.6 Å². The second-order valence-corrected chi connectivity index (χ2v) is 21.2. The van der Waals surface area contributed by atoms with Gasteiger partial charge in [0.05, 0.1) is 42.7 Å². The second-order valence-electron chi connectivity index (χ2n) is 21.2. The van der Waals surface area contributed by atoms with E-state index in [1.54, 1.807) is 20.8 Å². The summed E-state index contributed by atoms with van der Waals surface area (Å²) < 4.78 is 29.2. The molecular formula is C43H72O14. The SMILES string of the molecule is CC(=O)O[C@@H]1CO[C@@H](O[C@@H](CC[C@@H](C)C2CC[C@@]3(C)[C@@H]4[C@@H](O)CC5C(C)(C)[C@@H](O[C@@H]6O[C@@H](C)[C@H](O)[C@@H](O)[C@H]6O)C[C@H](O)[C@@]56C[C@@]46CC[C@]23C)C(C)(C)O)[C@H](O)[C@H]1O. The van der Waals surface area contributed by atoms with Crippen LogP contribution in [0.15, 0.2) is 0 Å². The van der Waals surface area contributed by atoms with Gasteiger partial charge in [0.15, 0.2) is 18.7 Å². The van der Waals surface area contributed by atoms with E-state index in [4.69, 9.17) is 23.7 Å². The topological polar surface area (TPSA) is 225 Å². The number of esters is 1. The molecule has 2 heterocycles. The van der Waals surface area contributed by atoms with Crippen molar-refractivity contribution in [3.05, 3.63) is 0 Å². The number of hydrogen-bond donors (Lipinski definition) is 8. The zero-order chi connectivity index (χ0) is 42.0. The number of fused-ring (bicyclic) bond motifs is 2. The third-order valence-electron chi connectivity index (χ3n) is 17.6. The molecular weight excluding hydrogens is 740 g/mol. The van der Waals surface area contributed by atoms with Crippen LogP contribution in [0.3, 0.4) is 0 Å². The van der Waals surface area contributed by atoms with Gasteiger partial charge in [-0.25, -0.2) is 0 Å². The maximum absolute atomic E-state index is 12.4. The molecule has 0 bridgehead atoms. The van der Waals surface area contributed by atoms with Crippen molar-refractivity contribution in [1.29, 1.82) is 0 Å². The third kappa shape index (κ3) is 6.68. The average molecular weight is 813 g/mol. The monoisotopic (exact) mass is 812 g/mol. The van der Waals surface area contributed by atoms with Crippen LogP contribution in [0.4, 0.5) is 0 Å². The zero-order valence-corrected chi connectivity index (χ0v) is 35.4. The molecule has 8 N–H and O–H groups in total. The van der Waals surface area contributed by atoms with Gasteiger partial charge in [-0.2, -0.15) is 0 Å². The number of carbonyl (C=O) groups excluding carboxylic acids is 1. The second kappa shape index (κ2) is 14.8. The van der Waals surface area contributed by atoms with Crippen LogP contribution in [-0.2, 0) is 28.5 Å². The molecule has 57 heavy (non-hydrogen) atoms. The Balaban J connectivity index is 1.04. The van der Waals surface area contributed by atoms with Crippen molar-refractivity contribution in [1.82, 2.24) is 0 Å². The molecule has 2 saturated heterocycles. The summed E-state index contributed by atoms with van der Waals surface area (Å²) in [6.45, 7) is 17.3. The highest BCUT2D eigenvalue weighted by molar-refractivity contribution is 5.66. The lowest BCUT2D eigenvalue weighted by molar-refractivity contribution is -0.327. The van der Waals surface area contributed by atoms with E-state index < -0.39 is 96.7 Å². The van der Waals surface area contributed by atoms with Crippen molar-refractivity contribution in [2.45, 2.75) is 205 Å². The Labute approximate surface area is 337 Å². The van der Waals surface area contributed by atoms with Crippen molar-refractivity contribution >= 4 is 5.97 Å². The number of rotatable bonds is 10. The lowest BCUT2D eigenvalue weighted by Gasteiger charge is -2.65. The first-order valence-corrected chi connectivity index (χ1v) is 21.6. The van der Waals surface area contributed by atoms with E-state index in [1.807, 2.05) is 0 Å². The number of aliphatic hydroxyl groups is 8. The quantitative estimate of drug-likeness (QED) is 0.117. The average Bonchev–Trinajstić information content (AvgIpc) is 3.71. The molecule has 2 spiro atoms. The van der Waals surface area contributed by atoms with Crippen LogP contribution in [0, 0.1) is 50.7 Å². The van der Waals surface area contributed by atoms with Crippen LogP contribution < -0.4 is 0 Å². The summed E-state index contributed by atoms with van der Waals surface area (Å²) in [5.41, 5.74) is -2.60. The van der Waals surface area contributed by atoms with Crippen LogP contribution in [0.25, 0.3) is 0 Å². The summed E-state index contributed by atoms with van der Waals surface area (Å²) in [5.74, 6) is -0.0333. The zero-order valence-electron chi connectivity index (χ0n) is 35.4. The maximum Gasteiger partial charge on any atom is 0.303 e. The Morgan fingerprint density at radius 3 is 2.18 bits per heavy atom. The van der Waals surface area contributed by atoms with Gasteiger partial charge in [0.2, 0.25) is 0 Å². The van der Waals surface area contributed by atoms with Gasteiger partial charge in [0.1, 0.15) is 30.5 Å². The van der Waals surface area contributed by atoms with Gasteiger partial charge in [0, 0.05) is 18.8 Å².